The van der Waals surface area contributed by atoms with Gasteiger partial charge in [0.1, 0.15) is 0 Å². The monoisotopic (exact) mass is 499 g/mol. The Morgan fingerprint density at radius 2 is 1.09 bits per heavy atom. The molecular weight excluding hydrogens is 476 g/mol. The molecule has 0 heterocycles. The zero-order valence-electron chi connectivity index (χ0n) is 18.7. The van der Waals surface area contributed by atoms with Crippen LogP contribution in [-0.4, -0.2) is 0 Å². The largest absolute Gasteiger partial charge is 3.00 e. The van der Waals surface area contributed by atoms with Gasteiger partial charge in [-0.05, 0) is 10.8 Å². The molecule has 0 unspecified atom stereocenters. The van der Waals surface area contributed by atoms with Crippen LogP contribution in [0.2, 0.25) is 0 Å². The summed E-state index contributed by atoms with van der Waals surface area (Å²) in [6.07, 6.45) is 0. The quantitative estimate of drug-likeness (QED) is 0.198. The molecule has 0 aliphatic carbocycles. The minimum absolute atomic E-state index is 0. The van der Waals surface area contributed by atoms with Crippen molar-refractivity contribution in [2.24, 2.45) is 0 Å². The van der Waals surface area contributed by atoms with E-state index in [-0.39, 0.29) is 26.2 Å². The molecule has 0 aliphatic heterocycles. The second kappa shape index (κ2) is 12.8. The number of rotatable bonds is 1. The van der Waals surface area contributed by atoms with Crippen molar-refractivity contribution < 1.29 is 26.2 Å². The van der Waals surface area contributed by atoms with Gasteiger partial charge in [0.2, 0.25) is 0 Å². The molecule has 1 radical (unpaired) electrons. The van der Waals surface area contributed by atoms with Crippen LogP contribution in [-0.2, 0) is 26.2 Å². The molecule has 0 bridgehead atoms. The van der Waals surface area contributed by atoms with E-state index in [1.54, 1.807) is 0 Å². The van der Waals surface area contributed by atoms with Gasteiger partial charge in [-0.2, -0.15) is 72.8 Å². The van der Waals surface area contributed by atoms with Gasteiger partial charge in [-0.25, -0.2) is 0 Å². The maximum absolute atomic E-state index is 2.89. The summed E-state index contributed by atoms with van der Waals surface area (Å²) in [6.45, 7) is 2.21. The van der Waals surface area contributed by atoms with Crippen LogP contribution in [0, 0.1) is 19.1 Å². The number of benzene rings is 5. The molecule has 157 valence electrons. The van der Waals surface area contributed by atoms with Gasteiger partial charge in [-0.1, -0.05) is 61.0 Å². The first-order chi connectivity index (χ1) is 15.8. The van der Waals surface area contributed by atoms with Crippen LogP contribution in [0.15, 0.2) is 133 Å². The Bertz CT molecular complexity index is 1280. The summed E-state index contributed by atoms with van der Waals surface area (Å²) >= 11 is 0. The standard InChI is InChI=1S/C20H15.2C6H5.Zr/c1-14-13-16-8-3-5-11-18(16)20(14)19-12-6-9-15-7-2-4-10-17(15)19;2*1-2-4-6-5-3-1;/h2-13H,1H3;2*1-5H;/q3*-1;+3. The van der Waals surface area contributed by atoms with E-state index in [9.17, 15) is 0 Å². The van der Waals surface area contributed by atoms with Gasteiger partial charge < -0.3 is 0 Å². The van der Waals surface area contributed by atoms with E-state index in [0.717, 1.165) is 0 Å². The molecule has 0 saturated carbocycles. The van der Waals surface area contributed by atoms with Gasteiger partial charge in [-0.3, -0.25) is 0 Å². The van der Waals surface area contributed by atoms with Crippen molar-refractivity contribution in [2.45, 2.75) is 6.92 Å². The third-order valence-corrected chi connectivity index (χ3v) is 5.27. The van der Waals surface area contributed by atoms with E-state index >= 15 is 0 Å². The summed E-state index contributed by atoms with van der Waals surface area (Å²) in [5, 5.41) is 5.30. The molecule has 33 heavy (non-hydrogen) atoms. The van der Waals surface area contributed by atoms with Crippen LogP contribution in [0.1, 0.15) is 5.56 Å². The molecule has 0 amide bonds. The second-order valence-corrected chi connectivity index (χ2v) is 7.47. The maximum atomic E-state index is 2.89. The Kier molecular flexibility index (Phi) is 9.49. The molecule has 0 saturated heterocycles. The summed E-state index contributed by atoms with van der Waals surface area (Å²) in [7, 11) is 0. The number of fused-ring (bicyclic) bond motifs is 2. The van der Waals surface area contributed by atoms with Crippen molar-refractivity contribution in [1.82, 2.24) is 0 Å². The van der Waals surface area contributed by atoms with Crippen LogP contribution in [0.3, 0.4) is 0 Å². The average Bonchev–Trinajstić information content (AvgIpc) is 3.22. The third kappa shape index (κ3) is 6.44. The molecule has 6 aromatic rings. The first-order valence-electron chi connectivity index (χ1n) is 10.8. The summed E-state index contributed by atoms with van der Waals surface area (Å²) in [5.41, 5.74) is 4.06. The van der Waals surface area contributed by atoms with Crippen molar-refractivity contribution in [3.05, 3.63) is 151 Å². The van der Waals surface area contributed by atoms with Crippen molar-refractivity contribution >= 4 is 21.5 Å². The minimum Gasteiger partial charge on any atom is -0.184 e. The number of aryl methyl sites for hydroxylation is 1. The summed E-state index contributed by atoms with van der Waals surface area (Å²) in [6, 6.07) is 51.1. The average molecular weight is 501 g/mol. The Labute approximate surface area is 216 Å². The van der Waals surface area contributed by atoms with Crippen molar-refractivity contribution in [3.8, 4) is 11.1 Å². The zero-order chi connectivity index (χ0) is 22.0. The van der Waals surface area contributed by atoms with Crippen molar-refractivity contribution in [3.63, 3.8) is 0 Å². The van der Waals surface area contributed by atoms with Crippen LogP contribution in [0.25, 0.3) is 32.7 Å². The van der Waals surface area contributed by atoms with E-state index in [2.05, 4.69) is 91.9 Å². The van der Waals surface area contributed by atoms with Gasteiger partial charge in [0, 0.05) is 0 Å². The van der Waals surface area contributed by atoms with Gasteiger partial charge in [0.25, 0.3) is 0 Å². The molecule has 0 N–H and O–H groups in total. The van der Waals surface area contributed by atoms with Gasteiger partial charge in [0.05, 0.1) is 0 Å². The van der Waals surface area contributed by atoms with E-state index in [0.29, 0.717) is 0 Å². The second-order valence-electron chi connectivity index (χ2n) is 7.47. The SMILES string of the molecule is Cc1[cH-]c2ccccc2c1-c1cccc2ccccc12.[Zr+3].[c-]1ccccc1.[c-]1ccccc1. The zero-order valence-corrected chi connectivity index (χ0v) is 21.2. The summed E-state index contributed by atoms with van der Waals surface area (Å²) < 4.78 is 0. The van der Waals surface area contributed by atoms with Crippen LogP contribution in [0.4, 0.5) is 0 Å². The molecule has 0 aliphatic rings. The molecule has 6 rings (SSSR count). The predicted molar refractivity (Wildman–Crippen MR) is 138 cm³/mol. The maximum Gasteiger partial charge on any atom is 3.00 e. The van der Waals surface area contributed by atoms with Crippen LogP contribution < -0.4 is 0 Å². The Morgan fingerprint density at radius 1 is 0.545 bits per heavy atom. The summed E-state index contributed by atoms with van der Waals surface area (Å²) in [4.78, 5) is 0. The van der Waals surface area contributed by atoms with E-state index < -0.39 is 0 Å². The van der Waals surface area contributed by atoms with Crippen molar-refractivity contribution in [1.29, 1.82) is 0 Å². The molecule has 1 heteroatoms. The van der Waals surface area contributed by atoms with Gasteiger partial charge in [0.15, 0.2) is 0 Å². The Morgan fingerprint density at radius 3 is 1.67 bits per heavy atom. The number of hydrogen-bond acceptors (Lipinski definition) is 0. The Hall–Kier alpha value is -3.15. The summed E-state index contributed by atoms with van der Waals surface area (Å²) in [5.74, 6) is 0. The van der Waals surface area contributed by atoms with Gasteiger partial charge >= 0.3 is 26.2 Å². The fourth-order valence-corrected chi connectivity index (χ4v) is 3.85. The molecule has 0 fully saturated rings. The molecule has 0 atom stereocenters. The van der Waals surface area contributed by atoms with Crippen LogP contribution >= 0.6 is 0 Å². The number of hydrogen-bond donors (Lipinski definition) is 0. The molecule has 0 nitrogen and oxygen atoms in total. The fraction of sp³-hybridized carbons (Fsp3) is 0.0312. The first-order valence-corrected chi connectivity index (χ1v) is 10.8. The fourth-order valence-electron chi connectivity index (χ4n) is 3.85. The molecular formula is C32H25Zr. The molecule has 0 aromatic heterocycles. The topological polar surface area (TPSA) is 0 Å². The van der Waals surface area contributed by atoms with Crippen molar-refractivity contribution in [2.75, 3.05) is 0 Å². The van der Waals surface area contributed by atoms with Gasteiger partial charge in [-0.15, -0.1) is 46.2 Å². The van der Waals surface area contributed by atoms with E-state index in [1.807, 2.05) is 60.7 Å². The first kappa shape index (κ1) is 24.5. The molecule has 6 aromatic carbocycles. The Balaban J connectivity index is 0.000000194. The smallest absolute Gasteiger partial charge is 0.184 e. The van der Waals surface area contributed by atoms with E-state index in [1.165, 1.54) is 38.2 Å². The normalized spacial score (nSPS) is 9.73. The van der Waals surface area contributed by atoms with Crippen LogP contribution in [0.5, 0.6) is 0 Å². The molecule has 0 spiro atoms. The van der Waals surface area contributed by atoms with E-state index in [4.69, 9.17) is 0 Å². The third-order valence-electron chi connectivity index (χ3n) is 5.27. The predicted octanol–water partition coefficient (Wildman–Crippen LogP) is 8.66. The minimum atomic E-state index is 0.